The van der Waals surface area contributed by atoms with Gasteiger partial charge in [0.1, 0.15) is 0 Å². The van der Waals surface area contributed by atoms with E-state index in [1.165, 1.54) is 0 Å². The molecule has 1 rings (SSSR count). The quantitative estimate of drug-likeness (QED) is 0.783. The largest absolute Gasteiger partial charge is 0.392 e. The number of hydrogen-bond acceptors (Lipinski definition) is 4. The molecule has 0 aliphatic carbocycles. The Hall–Kier alpha value is -0.700. The predicted molar refractivity (Wildman–Crippen MR) is 58.6 cm³/mol. The number of hydrogen-bond donors (Lipinski definition) is 1. The van der Waals surface area contributed by atoms with Gasteiger partial charge in [-0.1, -0.05) is 27.2 Å². The van der Waals surface area contributed by atoms with E-state index in [-0.39, 0.29) is 36.3 Å². The normalized spacial score (nSPS) is 38.2. The topological polar surface area (TPSA) is 63.6 Å². The highest BCUT2D eigenvalue weighted by atomic mass is 16.5. The second-order valence-corrected chi connectivity index (χ2v) is 4.46. The van der Waals surface area contributed by atoms with E-state index < -0.39 is 0 Å². The van der Waals surface area contributed by atoms with Gasteiger partial charge in [-0.15, -0.1) is 0 Å². The van der Waals surface area contributed by atoms with Crippen LogP contribution in [-0.4, -0.2) is 29.6 Å². The zero-order valence-corrected chi connectivity index (χ0v) is 10.5. The maximum Gasteiger partial charge on any atom is 0.373 e. The molecule has 0 bridgehead atoms. The molecule has 16 heavy (non-hydrogen) atoms. The molecular weight excluding hydrogens is 208 g/mol. The minimum atomic E-state index is -0.194. The molecule has 4 heteroatoms. The van der Waals surface area contributed by atoms with Gasteiger partial charge in [0, 0.05) is 11.8 Å². The molecule has 94 valence electrons. The summed E-state index contributed by atoms with van der Waals surface area (Å²) in [4.78, 5) is 16.2. The number of carbonyl (C=O) groups excluding carboxylic acids is 2. The van der Waals surface area contributed by atoms with Gasteiger partial charge in [0.25, 0.3) is 0 Å². The van der Waals surface area contributed by atoms with Crippen LogP contribution < -0.4 is 0 Å². The van der Waals surface area contributed by atoms with Crippen LogP contribution in [-0.2, 0) is 14.3 Å². The molecule has 4 nitrogen and oxygen atoms in total. The number of aliphatic hydroxyl groups excluding tert-OH is 1. The number of rotatable bonds is 2. The highest BCUT2D eigenvalue weighted by Gasteiger charge is 2.37. The SMILES string of the molecule is CCC[C@H]1O[C@@H](C)[C@@H](C)[C@@H](O)[C@H]1C.O=C=O. The van der Waals surface area contributed by atoms with Crippen molar-refractivity contribution in [2.24, 2.45) is 11.8 Å². The van der Waals surface area contributed by atoms with Crippen molar-refractivity contribution in [1.82, 2.24) is 0 Å². The van der Waals surface area contributed by atoms with Crippen LogP contribution in [0.1, 0.15) is 40.5 Å². The Labute approximate surface area is 97.0 Å². The predicted octanol–water partition coefficient (Wildman–Crippen LogP) is 1.62. The molecule has 0 amide bonds. The summed E-state index contributed by atoms with van der Waals surface area (Å²) < 4.78 is 5.86. The maximum atomic E-state index is 9.93. The fourth-order valence-corrected chi connectivity index (χ4v) is 2.12. The third kappa shape index (κ3) is 4.05. The Morgan fingerprint density at radius 1 is 1.19 bits per heavy atom. The molecule has 0 radical (unpaired) electrons. The van der Waals surface area contributed by atoms with E-state index in [9.17, 15) is 5.11 Å². The van der Waals surface area contributed by atoms with E-state index in [0.29, 0.717) is 0 Å². The maximum absolute atomic E-state index is 9.93. The van der Waals surface area contributed by atoms with Gasteiger partial charge in [-0.2, -0.15) is 9.59 Å². The summed E-state index contributed by atoms with van der Waals surface area (Å²) in [6.45, 7) is 8.37. The minimum absolute atomic E-state index is 0.194. The van der Waals surface area contributed by atoms with Gasteiger partial charge in [0.15, 0.2) is 0 Å². The smallest absolute Gasteiger partial charge is 0.373 e. The minimum Gasteiger partial charge on any atom is -0.392 e. The molecule has 1 fully saturated rings. The zero-order chi connectivity index (χ0) is 12.7. The van der Waals surface area contributed by atoms with Gasteiger partial charge >= 0.3 is 6.15 Å². The Balaban J connectivity index is 0.000000673. The summed E-state index contributed by atoms with van der Waals surface area (Å²) in [5, 5.41) is 9.93. The molecule has 0 aromatic heterocycles. The molecule has 1 saturated heterocycles. The van der Waals surface area contributed by atoms with Gasteiger partial charge in [-0.25, -0.2) is 0 Å². The lowest BCUT2D eigenvalue weighted by Crippen LogP contribution is -2.47. The van der Waals surface area contributed by atoms with E-state index in [0.717, 1.165) is 12.8 Å². The number of ether oxygens (including phenoxy) is 1. The van der Waals surface area contributed by atoms with E-state index in [4.69, 9.17) is 14.3 Å². The molecule has 1 aliphatic heterocycles. The third-order valence-electron chi connectivity index (χ3n) is 3.37. The summed E-state index contributed by atoms with van der Waals surface area (Å²) in [7, 11) is 0. The molecule has 1 heterocycles. The number of aliphatic hydroxyl groups is 1. The van der Waals surface area contributed by atoms with Crippen LogP contribution in [0, 0.1) is 11.8 Å². The summed E-state index contributed by atoms with van der Waals surface area (Å²) in [6, 6.07) is 0. The molecule has 1 aliphatic rings. The molecule has 0 saturated carbocycles. The van der Waals surface area contributed by atoms with E-state index in [2.05, 4.69) is 27.7 Å². The summed E-state index contributed by atoms with van der Waals surface area (Å²) in [6.07, 6.45) is 2.70. The lowest BCUT2D eigenvalue weighted by Gasteiger charge is -2.41. The summed E-state index contributed by atoms with van der Waals surface area (Å²) >= 11 is 0. The van der Waals surface area contributed by atoms with Crippen molar-refractivity contribution in [2.75, 3.05) is 0 Å². The van der Waals surface area contributed by atoms with Crippen LogP contribution in [0.25, 0.3) is 0 Å². The van der Waals surface area contributed by atoms with Crippen molar-refractivity contribution >= 4 is 6.15 Å². The Kier molecular flexibility index (Phi) is 7.22. The fraction of sp³-hybridized carbons (Fsp3) is 0.917. The second-order valence-electron chi connectivity index (χ2n) is 4.46. The van der Waals surface area contributed by atoms with Crippen molar-refractivity contribution in [3.8, 4) is 0 Å². The van der Waals surface area contributed by atoms with Gasteiger partial charge in [-0.05, 0) is 13.3 Å². The molecule has 0 aromatic rings. The summed E-state index contributed by atoms with van der Waals surface area (Å²) in [5.74, 6) is 0.550. The summed E-state index contributed by atoms with van der Waals surface area (Å²) in [5.41, 5.74) is 0. The van der Waals surface area contributed by atoms with Crippen molar-refractivity contribution in [3.05, 3.63) is 0 Å². The lowest BCUT2D eigenvalue weighted by atomic mass is 9.82. The van der Waals surface area contributed by atoms with Crippen molar-refractivity contribution in [1.29, 1.82) is 0 Å². The fourth-order valence-electron chi connectivity index (χ4n) is 2.12. The first-order valence-corrected chi connectivity index (χ1v) is 5.82. The zero-order valence-electron chi connectivity index (χ0n) is 10.5. The van der Waals surface area contributed by atoms with Gasteiger partial charge in [0.05, 0.1) is 18.3 Å². The standard InChI is InChI=1S/C11H22O2.CO2/c1-5-6-10-8(3)11(12)7(2)9(4)13-10;2-1-3/h7-12H,5-6H2,1-4H3;/t7-,8+,9+,10-,11-;/m1./s1. The lowest BCUT2D eigenvalue weighted by molar-refractivity contribution is -0.191. The van der Waals surface area contributed by atoms with Crippen molar-refractivity contribution in [3.63, 3.8) is 0 Å². The molecule has 0 aromatic carbocycles. The van der Waals surface area contributed by atoms with E-state index >= 15 is 0 Å². The monoisotopic (exact) mass is 230 g/mol. The average Bonchev–Trinajstić information content (AvgIpc) is 2.24. The molecule has 0 spiro atoms. The molecule has 1 N–H and O–H groups in total. The third-order valence-corrected chi connectivity index (χ3v) is 3.37. The van der Waals surface area contributed by atoms with E-state index in [1.807, 2.05) is 0 Å². The first-order valence-electron chi connectivity index (χ1n) is 5.82. The van der Waals surface area contributed by atoms with Crippen molar-refractivity contribution < 1.29 is 19.4 Å². The Bertz CT molecular complexity index is 223. The van der Waals surface area contributed by atoms with Crippen molar-refractivity contribution in [2.45, 2.75) is 58.8 Å². The van der Waals surface area contributed by atoms with Crippen LogP contribution in [0.15, 0.2) is 0 Å². The van der Waals surface area contributed by atoms with Gasteiger partial charge in [0.2, 0.25) is 0 Å². The highest BCUT2D eigenvalue weighted by molar-refractivity contribution is 5.20. The Morgan fingerprint density at radius 2 is 1.69 bits per heavy atom. The molecule has 5 atom stereocenters. The first-order chi connectivity index (χ1) is 7.49. The Morgan fingerprint density at radius 3 is 2.12 bits per heavy atom. The first kappa shape index (κ1) is 15.3. The molecular formula is C12H22O4. The van der Waals surface area contributed by atoms with Crippen LogP contribution in [0.2, 0.25) is 0 Å². The van der Waals surface area contributed by atoms with E-state index in [1.54, 1.807) is 0 Å². The van der Waals surface area contributed by atoms with Crippen LogP contribution in [0.5, 0.6) is 0 Å². The second kappa shape index (κ2) is 7.55. The van der Waals surface area contributed by atoms with Gasteiger partial charge < -0.3 is 9.84 Å². The van der Waals surface area contributed by atoms with Crippen LogP contribution in [0.4, 0.5) is 0 Å². The van der Waals surface area contributed by atoms with Gasteiger partial charge in [-0.3, -0.25) is 0 Å². The van der Waals surface area contributed by atoms with Crippen LogP contribution in [0.3, 0.4) is 0 Å². The van der Waals surface area contributed by atoms with Crippen LogP contribution >= 0.6 is 0 Å². The highest BCUT2D eigenvalue weighted by Crippen LogP contribution is 2.31. The average molecular weight is 230 g/mol. The molecule has 0 unspecified atom stereocenters.